The lowest BCUT2D eigenvalue weighted by Crippen LogP contribution is -2.00. The highest BCUT2D eigenvalue weighted by Crippen LogP contribution is 2.46. The summed E-state index contributed by atoms with van der Waals surface area (Å²) < 4.78 is 12.4. The number of hydrogen-bond donors (Lipinski definition) is 0. The van der Waals surface area contributed by atoms with Gasteiger partial charge in [-0.2, -0.15) is 0 Å². The summed E-state index contributed by atoms with van der Waals surface area (Å²) in [6, 6.07) is 67.0. The summed E-state index contributed by atoms with van der Waals surface area (Å²) in [5, 5.41) is 10.4. The zero-order valence-electron chi connectivity index (χ0n) is 32.6. The fraction of sp³-hybridized carbons (Fsp3) is 0. The van der Waals surface area contributed by atoms with Gasteiger partial charge in [-0.3, -0.25) is 0 Å². The predicted octanol–water partition coefficient (Wildman–Crippen LogP) is 15.6. The summed E-state index contributed by atoms with van der Waals surface area (Å²) in [4.78, 5) is 4.93. The van der Waals surface area contributed by atoms with Crippen molar-refractivity contribution in [2.24, 2.45) is 0 Å². The van der Waals surface area contributed by atoms with Crippen LogP contribution in [0.4, 0.5) is 0 Å². The zero-order chi connectivity index (χ0) is 39.8. The van der Waals surface area contributed by atoms with Crippen molar-refractivity contribution in [1.82, 2.24) is 18.5 Å². The molecular weight excluding hydrogens is 781 g/mol. The fourth-order valence-corrected chi connectivity index (χ4v) is 12.5. The standard InChI is InChI=1S/C55H32N4S2/c1-5-15-45-42(13-1)52-47(26-24-40-38-11-3-7-17-49(38)60-54(40)52)58(45)36-29-35(33-20-22-34(23-21-33)44-32-57-28-10-9-19-51(57)56-44)30-37(31-36)59-46-16-6-2-14-43(46)53-48(59)27-25-41-39-12-4-8-18-50(39)61-55(41)53/h1-32H. The summed E-state index contributed by atoms with van der Waals surface area (Å²) in [5.74, 6) is 0. The lowest BCUT2D eigenvalue weighted by molar-refractivity contribution is 1.14. The summed E-state index contributed by atoms with van der Waals surface area (Å²) in [7, 11) is 0. The number of pyridine rings is 1. The van der Waals surface area contributed by atoms with Crippen LogP contribution in [-0.4, -0.2) is 18.5 Å². The molecule has 0 saturated carbocycles. The Kier molecular flexibility index (Phi) is 6.83. The van der Waals surface area contributed by atoms with Crippen LogP contribution in [0.3, 0.4) is 0 Å². The molecule has 0 aliphatic rings. The van der Waals surface area contributed by atoms with Crippen LogP contribution in [0, 0.1) is 0 Å². The van der Waals surface area contributed by atoms with Gasteiger partial charge in [0.15, 0.2) is 0 Å². The first-order valence-corrected chi connectivity index (χ1v) is 22.2. The molecule has 0 aliphatic heterocycles. The lowest BCUT2D eigenvalue weighted by Gasteiger charge is -2.16. The van der Waals surface area contributed by atoms with E-state index in [4.69, 9.17) is 4.98 Å². The molecule has 284 valence electrons. The Morgan fingerprint density at radius 1 is 0.377 bits per heavy atom. The van der Waals surface area contributed by atoms with Gasteiger partial charge in [0.25, 0.3) is 0 Å². The van der Waals surface area contributed by atoms with Crippen molar-refractivity contribution in [3.8, 4) is 33.8 Å². The minimum absolute atomic E-state index is 0.942. The molecule has 6 heteroatoms. The van der Waals surface area contributed by atoms with E-state index in [1.165, 1.54) is 84.0 Å². The average molecular weight is 813 g/mol. The Balaban J connectivity index is 1.05. The second-order valence-electron chi connectivity index (χ2n) is 16.0. The van der Waals surface area contributed by atoms with Gasteiger partial charge in [-0.1, -0.05) is 115 Å². The van der Waals surface area contributed by atoms with Crippen molar-refractivity contribution in [2.45, 2.75) is 0 Å². The maximum absolute atomic E-state index is 4.93. The van der Waals surface area contributed by atoms with Crippen molar-refractivity contribution >= 4 is 112 Å². The van der Waals surface area contributed by atoms with Crippen molar-refractivity contribution in [3.05, 3.63) is 194 Å². The second-order valence-corrected chi connectivity index (χ2v) is 18.1. The molecule has 0 fully saturated rings. The Morgan fingerprint density at radius 3 is 1.46 bits per heavy atom. The summed E-state index contributed by atoms with van der Waals surface area (Å²) in [5.41, 5.74) is 12.3. The molecule has 0 unspecified atom stereocenters. The number of imidazole rings is 1. The van der Waals surface area contributed by atoms with E-state index in [0.29, 0.717) is 0 Å². The molecule has 0 saturated heterocycles. The van der Waals surface area contributed by atoms with Crippen LogP contribution in [0.2, 0.25) is 0 Å². The second kappa shape index (κ2) is 12.5. The average Bonchev–Trinajstić information content (AvgIpc) is 4.14. The summed E-state index contributed by atoms with van der Waals surface area (Å²) in [6.45, 7) is 0. The Labute approximate surface area is 357 Å². The quantitative estimate of drug-likeness (QED) is 0.174. The van der Waals surface area contributed by atoms with Crippen LogP contribution < -0.4 is 0 Å². The highest BCUT2D eigenvalue weighted by atomic mass is 32.1. The topological polar surface area (TPSA) is 27.2 Å². The maximum atomic E-state index is 4.93. The van der Waals surface area contributed by atoms with Crippen LogP contribution in [0.25, 0.3) is 123 Å². The van der Waals surface area contributed by atoms with Gasteiger partial charge in [0.2, 0.25) is 0 Å². The van der Waals surface area contributed by atoms with Crippen molar-refractivity contribution in [2.75, 3.05) is 0 Å². The number of fused-ring (bicyclic) bond motifs is 15. The molecule has 0 aliphatic carbocycles. The van der Waals surface area contributed by atoms with E-state index in [-0.39, 0.29) is 0 Å². The first kappa shape index (κ1) is 33.3. The molecule has 8 aromatic carbocycles. The molecule has 4 nitrogen and oxygen atoms in total. The monoisotopic (exact) mass is 812 g/mol. The molecule has 14 aromatic rings. The van der Waals surface area contributed by atoms with Crippen LogP contribution in [0.1, 0.15) is 0 Å². The third-order valence-electron chi connectivity index (χ3n) is 12.7. The molecule has 0 atom stereocenters. The van der Waals surface area contributed by atoms with Gasteiger partial charge in [0, 0.05) is 91.2 Å². The van der Waals surface area contributed by atoms with Gasteiger partial charge in [-0.15, -0.1) is 22.7 Å². The van der Waals surface area contributed by atoms with Gasteiger partial charge in [0.1, 0.15) is 5.65 Å². The van der Waals surface area contributed by atoms with E-state index in [2.05, 4.69) is 184 Å². The van der Waals surface area contributed by atoms with Gasteiger partial charge in [0.05, 0.1) is 27.8 Å². The minimum atomic E-state index is 0.942. The van der Waals surface area contributed by atoms with Crippen LogP contribution in [0.5, 0.6) is 0 Å². The van der Waals surface area contributed by atoms with Gasteiger partial charge >= 0.3 is 0 Å². The highest BCUT2D eigenvalue weighted by Gasteiger charge is 2.21. The number of aromatic nitrogens is 4. The predicted molar refractivity (Wildman–Crippen MR) is 261 cm³/mol. The lowest BCUT2D eigenvalue weighted by atomic mass is 10.0. The molecule has 6 aromatic heterocycles. The largest absolute Gasteiger partial charge is 0.309 e. The van der Waals surface area contributed by atoms with E-state index in [1.807, 2.05) is 47.1 Å². The third-order valence-corrected chi connectivity index (χ3v) is 15.1. The van der Waals surface area contributed by atoms with Crippen LogP contribution in [0.15, 0.2) is 194 Å². The number of nitrogens with zero attached hydrogens (tertiary/aromatic N) is 4. The molecule has 0 spiro atoms. The molecule has 0 amide bonds. The highest BCUT2D eigenvalue weighted by molar-refractivity contribution is 7.27. The van der Waals surface area contributed by atoms with Crippen molar-refractivity contribution < 1.29 is 0 Å². The molecule has 14 rings (SSSR count). The number of benzene rings is 8. The molecule has 0 N–H and O–H groups in total. The van der Waals surface area contributed by atoms with Crippen molar-refractivity contribution in [3.63, 3.8) is 0 Å². The number of para-hydroxylation sites is 2. The van der Waals surface area contributed by atoms with E-state index < -0.39 is 0 Å². The van der Waals surface area contributed by atoms with E-state index in [0.717, 1.165) is 39.4 Å². The van der Waals surface area contributed by atoms with Crippen LogP contribution in [-0.2, 0) is 0 Å². The smallest absolute Gasteiger partial charge is 0.137 e. The number of rotatable bonds is 4. The normalized spacial score (nSPS) is 12.3. The van der Waals surface area contributed by atoms with Gasteiger partial charge < -0.3 is 13.5 Å². The van der Waals surface area contributed by atoms with E-state index in [1.54, 1.807) is 0 Å². The molecule has 0 bridgehead atoms. The van der Waals surface area contributed by atoms with Gasteiger partial charge in [-0.05, 0) is 77.9 Å². The Bertz CT molecular complexity index is 3880. The Morgan fingerprint density at radius 2 is 0.885 bits per heavy atom. The van der Waals surface area contributed by atoms with E-state index >= 15 is 0 Å². The SMILES string of the molecule is c1ccc2c(c1)sc1c2ccc2c1c1ccccc1n2-c1cc(-c2ccc(-c3cn4ccccc4n3)cc2)cc(-n2c3ccccc3c3c4sc5ccccc5c4ccc32)c1. The zero-order valence-corrected chi connectivity index (χ0v) is 34.2. The van der Waals surface area contributed by atoms with E-state index in [9.17, 15) is 0 Å². The molecule has 61 heavy (non-hydrogen) atoms. The number of hydrogen-bond acceptors (Lipinski definition) is 3. The number of thiophene rings is 2. The van der Waals surface area contributed by atoms with Gasteiger partial charge in [-0.25, -0.2) is 4.98 Å². The maximum Gasteiger partial charge on any atom is 0.137 e. The molecule has 0 radical (unpaired) electrons. The Hall–Kier alpha value is -7.51. The molecule has 6 heterocycles. The van der Waals surface area contributed by atoms with Crippen LogP contribution >= 0.6 is 22.7 Å². The third kappa shape index (κ3) is 4.77. The van der Waals surface area contributed by atoms with Crippen molar-refractivity contribution in [1.29, 1.82) is 0 Å². The summed E-state index contributed by atoms with van der Waals surface area (Å²) in [6.07, 6.45) is 4.16. The molecular formula is C55H32N4S2. The fourth-order valence-electron chi connectivity index (χ4n) is 9.95. The minimum Gasteiger partial charge on any atom is -0.309 e. The summed E-state index contributed by atoms with van der Waals surface area (Å²) >= 11 is 3.80. The first-order chi connectivity index (χ1) is 30.2. The first-order valence-electron chi connectivity index (χ1n) is 20.6.